The number of hydrogen-bond donors (Lipinski definition) is 0. The monoisotopic (exact) mass is 344 g/mol. The lowest BCUT2D eigenvalue weighted by molar-refractivity contribution is 0.0893. The van der Waals surface area contributed by atoms with Gasteiger partial charge in [-0.25, -0.2) is 17.9 Å². The summed E-state index contributed by atoms with van der Waals surface area (Å²) in [6.45, 7) is 0. The largest absolute Gasteiger partial charge is 0.294 e. The molecule has 2 aliphatic heterocycles. The number of ketones is 1. The van der Waals surface area contributed by atoms with Crippen molar-refractivity contribution in [3.8, 4) is 6.07 Å². The highest BCUT2D eigenvalue weighted by atomic mass is 32.2. The van der Waals surface area contributed by atoms with Gasteiger partial charge in [0.1, 0.15) is 11.6 Å². The molecule has 124 valence electrons. The summed E-state index contributed by atoms with van der Waals surface area (Å²) in [7, 11) is -3.07. The van der Waals surface area contributed by atoms with Crippen LogP contribution in [0.2, 0.25) is 0 Å². The Morgan fingerprint density at radius 2 is 1.96 bits per heavy atom. The number of carbonyl (C=O) groups excluding carboxylic acids is 1. The Labute approximate surface area is 139 Å². The molecule has 0 radical (unpaired) electrons. The van der Waals surface area contributed by atoms with Crippen LogP contribution in [-0.4, -0.2) is 39.3 Å². The second-order valence-electron chi connectivity index (χ2n) is 6.58. The minimum atomic E-state index is -3.07. The standard InChI is InChI=1S/C16H16N4O3S/c17-6-11-8-19-20-9-12(7-18-16(11)20)15(21)10-4-13-2-1-3-14(5-10)24(13,22)23/h7-10,13-14H,1-5H2. The summed E-state index contributed by atoms with van der Waals surface area (Å²) in [5, 5.41) is 12.3. The topological polar surface area (TPSA) is 105 Å². The SMILES string of the molecule is N#Cc1cnn2cc(C(=O)C3CC4CCCC(C3)S4(=O)=O)cnc12. The van der Waals surface area contributed by atoms with Gasteiger partial charge in [-0.2, -0.15) is 10.4 Å². The summed E-state index contributed by atoms with van der Waals surface area (Å²) in [4.78, 5) is 17.0. The van der Waals surface area contributed by atoms with E-state index in [4.69, 9.17) is 5.26 Å². The number of rotatable bonds is 2. The van der Waals surface area contributed by atoms with E-state index in [1.165, 1.54) is 16.9 Å². The molecule has 0 amide bonds. The van der Waals surface area contributed by atoms with Crippen molar-refractivity contribution >= 4 is 21.3 Å². The van der Waals surface area contributed by atoms with Gasteiger partial charge in [-0.15, -0.1) is 0 Å². The average molecular weight is 344 g/mol. The van der Waals surface area contributed by atoms with Crippen LogP contribution < -0.4 is 0 Å². The van der Waals surface area contributed by atoms with E-state index in [1.54, 1.807) is 6.20 Å². The lowest BCUT2D eigenvalue weighted by Crippen LogP contribution is -2.45. The first-order chi connectivity index (χ1) is 11.5. The lowest BCUT2D eigenvalue weighted by Gasteiger charge is -2.38. The zero-order valence-corrected chi connectivity index (χ0v) is 13.7. The lowest BCUT2D eigenvalue weighted by atomic mass is 9.85. The number of aromatic nitrogens is 3. The Balaban J connectivity index is 1.64. The molecule has 2 aromatic rings. The fourth-order valence-electron chi connectivity index (χ4n) is 3.94. The maximum absolute atomic E-state index is 12.8. The minimum Gasteiger partial charge on any atom is -0.294 e. The number of carbonyl (C=O) groups is 1. The molecule has 0 N–H and O–H groups in total. The van der Waals surface area contributed by atoms with Gasteiger partial charge < -0.3 is 0 Å². The second-order valence-corrected chi connectivity index (χ2v) is 9.09. The van der Waals surface area contributed by atoms with Crippen molar-refractivity contribution in [2.75, 3.05) is 0 Å². The van der Waals surface area contributed by atoms with E-state index >= 15 is 0 Å². The molecule has 0 aromatic carbocycles. The summed E-state index contributed by atoms with van der Waals surface area (Å²) in [5.74, 6) is -0.362. The van der Waals surface area contributed by atoms with Gasteiger partial charge in [0.05, 0.1) is 22.3 Å². The number of nitriles is 1. The number of hydrogen-bond acceptors (Lipinski definition) is 6. The molecule has 8 heteroatoms. The van der Waals surface area contributed by atoms with Crippen molar-refractivity contribution in [3.05, 3.63) is 29.7 Å². The highest BCUT2D eigenvalue weighted by Crippen LogP contribution is 2.40. The van der Waals surface area contributed by atoms with Crippen molar-refractivity contribution in [1.29, 1.82) is 5.26 Å². The van der Waals surface area contributed by atoms with Gasteiger partial charge in [0.25, 0.3) is 0 Å². The van der Waals surface area contributed by atoms with Crippen molar-refractivity contribution < 1.29 is 13.2 Å². The van der Waals surface area contributed by atoms with E-state index in [-0.39, 0.29) is 22.2 Å². The van der Waals surface area contributed by atoms with Crippen LogP contribution in [0.1, 0.15) is 48.0 Å². The molecule has 2 aliphatic rings. The zero-order valence-electron chi connectivity index (χ0n) is 12.9. The first-order valence-corrected chi connectivity index (χ1v) is 9.62. The highest BCUT2D eigenvalue weighted by molar-refractivity contribution is 7.92. The molecule has 4 heterocycles. The molecule has 2 bridgehead atoms. The van der Waals surface area contributed by atoms with Crippen molar-refractivity contribution in [2.24, 2.45) is 5.92 Å². The molecule has 0 saturated carbocycles. The van der Waals surface area contributed by atoms with Crippen LogP contribution in [0.4, 0.5) is 0 Å². The maximum atomic E-state index is 12.8. The number of fused-ring (bicyclic) bond motifs is 3. The summed E-state index contributed by atoms with van der Waals surface area (Å²) in [6, 6.07) is 2.00. The number of Topliss-reactive ketones (excluding diaryl/α,β-unsaturated/α-hetero) is 1. The summed E-state index contributed by atoms with van der Waals surface area (Å²) in [5.41, 5.74) is 1.18. The molecule has 4 rings (SSSR count). The fourth-order valence-corrected chi connectivity index (χ4v) is 6.48. The van der Waals surface area contributed by atoms with Crippen LogP contribution in [-0.2, 0) is 9.84 Å². The van der Waals surface area contributed by atoms with E-state index in [1.807, 2.05) is 6.07 Å². The molecule has 2 aromatic heterocycles. The Morgan fingerprint density at radius 1 is 1.25 bits per heavy atom. The molecular formula is C16H16N4O3S. The third-order valence-corrected chi connectivity index (χ3v) is 7.92. The fraction of sp³-hybridized carbons (Fsp3) is 0.500. The van der Waals surface area contributed by atoms with Crippen molar-refractivity contribution in [1.82, 2.24) is 14.6 Å². The van der Waals surface area contributed by atoms with Gasteiger partial charge in [0.15, 0.2) is 21.3 Å². The normalized spacial score (nSPS) is 28.4. The first-order valence-electron chi connectivity index (χ1n) is 8.01. The number of sulfone groups is 1. The Morgan fingerprint density at radius 3 is 2.62 bits per heavy atom. The van der Waals surface area contributed by atoms with Crippen LogP contribution in [0.15, 0.2) is 18.6 Å². The molecule has 0 spiro atoms. The summed E-state index contributed by atoms with van der Waals surface area (Å²) in [6.07, 6.45) is 7.48. The Kier molecular flexibility index (Phi) is 3.42. The van der Waals surface area contributed by atoms with Crippen LogP contribution in [0.3, 0.4) is 0 Å². The number of nitrogens with zero attached hydrogens (tertiary/aromatic N) is 4. The quantitative estimate of drug-likeness (QED) is 0.765. The van der Waals surface area contributed by atoms with Gasteiger partial charge in [0.2, 0.25) is 0 Å². The van der Waals surface area contributed by atoms with Gasteiger partial charge in [-0.1, -0.05) is 6.42 Å². The predicted molar refractivity (Wildman–Crippen MR) is 85.1 cm³/mol. The van der Waals surface area contributed by atoms with Gasteiger partial charge in [-0.3, -0.25) is 4.79 Å². The first kappa shape index (κ1) is 15.3. The zero-order chi connectivity index (χ0) is 16.9. The molecule has 2 saturated heterocycles. The van der Waals surface area contributed by atoms with Gasteiger partial charge in [-0.05, 0) is 25.7 Å². The van der Waals surface area contributed by atoms with E-state index in [9.17, 15) is 13.2 Å². The molecule has 2 atom stereocenters. The van der Waals surface area contributed by atoms with Crippen molar-refractivity contribution in [3.63, 3.8) is 0 Å². The minimum absolute atomic E-state index is 0.0785. The van der Waals surface area contributed by atoms with E-state index in [0.717, 1.165) is 6.42 Å². The molecule has 2 unspecified atom stereocenters. The molecule has 7 nitrogen and oxygen atoms in total. The highest BCUT2D eigenvalue weighted by Gasteiger charge is 2.46. The Bertz CT molecular complexity index is 953. The van der Waals surface area contributed by atoms with Crippen LogP contribution in [0.5, 0.6) is 0 Å². The van der Waals surface area contributed by atoms with E-state index < -0.39 is 9.84 Å². The average Bonchev–Trinajstić information content (AvgIpc) is 2.95. The van der Waals surface area contributed by atoms with Crippen LogP contribution >= 0.6 is 0 Å². The third kappa shape index (κ3) is 2.23. The van der Waals surface area contributed by atoms with Gasteiger partial charge in [0, 0.05) is 18.3 Å². The smallest absolute Gasteiger partial charge is 0.172 e. The third-order valence-electron chi connectivity index (χ3n) is 5.21. The molecule has 0 aliphatic carbocycles. The Hall–Kier alpha value is -2.27. The van der Waals surface area contributed by atoms with Gasteiger partial charge >= 0.3 is 0 Å². The van der Waals surface area contributed by atoms with Crippen molar-refractivity contribution in [2.45, 2.75) is 42.6 Å². The predicted octanol–water partition coefficient (Wildman–Crippen LogP) is 1.53. The molecule has 2 fully saturated rings. The van der Waals surface area contributed by atoms with Crippen LogP contribution in [0.25, 0.3) is 5.65 Å². The second kappa shape index (κ2) is 5.38. The van der Waals surface area contributed by atoms with Crippen LogP contribution in [0, 0.1) is 17.2 Å². The molecular weight excluding hydrogens is 328 g/mol. The summed E-state index contributed by atoms with van der Waals surface area (Å²) >= 11 is 0. The molecule has 24 heavy (non-hydrogen) atoms. The summed E-state index contributed by atoms with van der Waals surface area (Å²) < 4.78 is 26.1. The van der Waals surface area contributed by atoms with E-state index in [2.05, 4.69) is 10.1 Å². The van der Waals surface area contributed by atoms with E-state index in [0.29, 0.717) is 42.5 Å². The maximum Gasteiger partial charge on any atom is 0.172 e.